The number of nitrogens with zero attached hydrogens (tertiary/aromatic N) is 3. The van der Waals surface area contributed by atoms with E-state index in [1.165, 1.54) is 51.5 Å². The van der Waals surface area contributed by atoms with Crippen molar-refractivity contribution in [1.29, 1.82) is 0 Å². The molecule has 13 aromatic rings. The summed E-state index contributed by atoms with van der Waals surface area (Å²) < 4.78 is 11.3. The van der Waals surface area contributed by atoms with Crippen molar-refractivity contribution in [2.75, 3.05) is 9.80 Å². The lowest BCUT2D eigenvalue weighted by atomic mass is 10.0. The van der Waals surface area contributed by atoms with Gasteiger partial charge in [0, 0.05) is 87.2 Å². The summed E-state index contributed by atoms with van der Waals surface area (Å²) in [6, 6.07) is 76.7. The maximum absolute atomic E-state index is 6.29. The van der Waals surface area contributed by atoms with E-state index in [0.717, 1.165) is 67.2 Å². The molecule has 9 aromatic carbocycles. The smallest absolute Gasteiger partial charge is 0.135 e. The summed E-state index contributed by atoms with van der Waals surface area (Å²) in [6.07, 6.45) is 3.73. The quantitative estimate of drug-likeness (QED) is 0.152. The van der Waals surface area contributed by atoms with Crippen molar-refractivity contribution in [3.05, 3.63) is 225 Å². The van der Waals surface area contributed by atoms with Gasteiger partial charge in [-0.05, 0) is 119 Å². The van der Waals surface area contributed by atoms with Crippen LogP contribution in [0.5, 0.6) is 0 Å². The Hall–Kier alpha value is -8.03. The van der Waals surface area contributed by atoms with Crippen molar-refractivity contribution in [2.24, 2.45) is 0 Å². The third-order valence-corrected chi connectivity index (χ3v) is 14.9. The number of furan rings is 1. The molecule has 0 amide bonds. The van der Waals surface area contributed by atoms with Crippen LogP contribution in [0.1, 0.15) is 0 Å². The fourth-order valence-corrected chi connectivity index (χ4v) is 11.8. The first-order valence-corrected chi connectivity index (χ1v) is 23.4. The number of thiophene rings is 2. The zero-order valence-electron chi connectivity index (χ0n) is 34.9. The molecule has 0 aliphatic carbocycles. The van der Waals surface area contributed by atoms with Crippen LogP contribution in [0.3, 0.4) is 0 Å². The lowest BCUT2D eigenvalue weighted by Gasteiger charge is -2.26. The summed E-state index contributed by atoms with van der Waals surface area (Å²) in [6.45, 7) is 0. The van der Waals surface area contributed by atoms with Gasteiger partial charge < -0.3 is 14.2 Å². The van der Waals surface area contributed by atoms with E-state index in [0.29, 0.717) is 0 Å². The normalized spacial score (nSPS) is 11.7. The van der Waals surface area contributed by atoms with Crippen molar-refractivity contribution in [3.8, 4) is 22.3 Å². The largest absolute Gasteiger partial charge is 0.456 e. The first-order chi connectivity index (χ1) is 32.2. The van der Waals surface area contributed by atoms with Crippen molar-refractivity contribution < 1.29 is 4.42 Å². The minimum absolute atomic E-state index is 0.874. The van der Waals surface area contributed by atoms with Crippen LogP contribution in [0.2, 0.25) is 0 Å². The van der Waals surface area contributed by atoms with E-state index in [2.05, 4.69) is 209 Å². The van der Waals surface area contributed by atoms with Gasteiger partial charge in [0.05, 0.1) is 10.4 Å². The molecular weight excluding hydrogens is 831 g/mol. The van der Waals surface area contributed by atoms with Crippen LogP contribution < -0.4 is 9.80 Å². The molecule has 0 N–H and O–H groups in total. The average molecular weight is 868 g/mol. The molecule has 0 fully saturated rings. The molecule has 0 saturated heterocycles. The highest BCUT2D eigenvalue weighted by Gasteiger charge is 2.22. The van der Waals surface area contributed by atoms with Crippen LogP contribution in [0.25, 0.3) is 84.5 Å². The summed E-state index contributed by atoms with van der Waals surface area (Å²) in [7, 11) is 0. The van der Waals surface area contributed by atoms with Crippen LogP contribution in [0.4, 0.5) is 34.1 Å². The van der Waals surface area contributed by atoms with Gasteiger partial charge in [-0.15, -0.1) is 22.7 Å². The second kappa shape index (κ2) is 15.3. The van der Waals surface area contributed by atoms with E-state index in [1.54, 1.807) is 0 Å². The van der Waals surface area contributed by atoms with E-state index >= 15 is 0 Å². The number of fused-ring (bicyclic) bond motifs is 9. The molecule has 4 heterocycles. The van der Waals surface area contributed by atoms with Crippen LogP contribution in [-0.2, 0) is 0 Å². The molecule has 6 heteroatoms. The molecule has 4 aromatic heterocycles. The van der Waals surface area contributed by atoms with Gasteiger partial charge in [-0.25, -0.2) is 0 Å². The number of aromatic nitrogens is 1. The first-order valence-electron chi connectivity index (χ1n) is 21.7. The Morgan fingerprint density at radius 1 is 0.338 bits per heavy atom. The zero-order valence-corrected chi connectivity index (χ0v) is 36.6. The van der Waals surface area contributed by atoms with Crippen molar-refractivity contribution in [3.63, 3.8) is 0 Å². The average Bonchev–Trinajstić information content (AvgIpc) is 4.06. The fraction of sp³-hybridized carbons (Fsp3) is 0. The van der Waals surface area contributed by atoms with Crippen LogP contribution in [0, 0.1) is 0 Å². The molecule has 0 aliphatic rings. The fourth-order valence-electron chi connectivity index (χ4n) is 9.44. The Bertz CT molecular complexity index is 3890. The summed E-state index contributed by atoms with van der Waals surface area (Å²) in [5.74, 6) is 0. The van der Waals surface area contributed by atoms with Crippen molar-refractivity contribution in [1.82, 2.24) is 4.98 Å². The van der Waals surface area contributed by atoms with Crippen molar-refractivity contribution in [2.45, 2.75) is 0 Å². The number of rotatable bonds is 8. The minimum Gasteiger partial charge on any atom is -0.456 e. The molecule has 0 bridgehead atoms. The molecule has 0 spiro atoms. The molecular formula is C59H37N3OS2. The van der Waals surface area contributed by atoms with Gasteiger partial charge in [-0.2, -0.15) is 0 Å². The molecule has 13 rings (SSSR count). The first kappa shape index (κ1) is 37.5. The highest BCUT2D eigenvalue weighted by Crippen LogP contribution is 2.48. The van der Waals surface area contributed by atoms with Crippen LogP contribution >= 0.6 is 22.7 Å². The van der Waals surface area contributed by atoms with E-state index in [9.17, 15) is 0 Å². The van der Waals surface area contributed by atoms with E-state index in [4.69, 9.17) is 4.42 Å². The van der Waals surface area contributed by atoms with Gasteiger partial charge >= 0.3 is 0 Å². The SMILES string of the molecule is c1ccc(-c2ccc(N(c3ccc4c(c3)sc3ccccc34)c3cccc4c3sc3ccc(N(c5ccc(-c6cccnc6)cc5)c5ccc6oc7ccccc7c6c5)cc34)cc2)cc1. The second-order valence-corrected chi connectivity index (χ2v) is 18.5. The van der Waals surface area contributed by atoms with Gasteiger partial charge in [0.1, 0.15) is 11.2 Å². The van der Waals surface area contributed by atoms with Gasteiger partial charge in [0.2, 0.25) is 0 Å². The highest BCUT2D eigenvalue weighted by molar-refractivity contribution is 7.26. The monoisotopic (exact) mass is 867 g/mol. The zero-order chi connectivity index (χ0) is 42.8. The van der Waals surface area contributed by atoms with Gasteiger partial charge in [0.25, 0.3) is 0 Å². The molecule has 0 unspecified atom stereocenters. The number of benzene rings is 9. The van der Waals surface area contributed by atoms with Crippen molar-refractivity contribution >= 4 is 119 Å². The molecule has 65 heavy (non-hydrogen) atoms. The predicted octanol–water partition coefficient (Wildman–Crippen LogP) is 18.0. The number of hydrogen-bond donors (Lipinski definition) is 0. The summed E-state index contributed by atoms with van der Waals surface area (Å²) >= 11 is 3.71. The summed E-state index contributed by atoms with van der Waals surface area (Å²) in [4.78, 5) is 9.18. The van der Waals surface area contributed by atoms with E-state index < -0.39 is 0 Å². The number of pyridine rings is 1. The van der Waals surface area contributed by atoms with Gasteiger partial charge in [-0.3, -0.25) is 4.98 Å². The number of anilines is 6. The predicted molar refractivity (Wildman–Crippen MR) is 278 cm³/mol. The lowest BCUT2D eigenvalue weighted by Crippen LogP contribution is -2.10. The molecule has 4 nitrogen and oxygen atoms in total. The standard InChI is InChI=1S/C59H37N3OS2/c1-2-10-38(11-3-1)39-19-25-43(26-20-39)62(46-27-30-49-48-14-5-7-18-56(48)64-58(49)36-46)53-16-8-15-50-52-35-45(29-32-57(52)65-59(50)53)61(42-23-21-40(22-24-42)41-12-9-33-60-37-41)44-28-31-55-51(34-44)47-13-4-6-17-54(47)63-55/h1-37H. The third kappa shape index (κ3) is 6.45. The Morgan fingerprint density at radius 3 is 1.74 bits per heavy atom. The number of hydrogen-bond acceptors (Lipinski definition) is 6. The van der Waals surface area contributed by atoms with Gasteiger partial charge in [-0.1, -0.05) is 115 Å². The topological polar surface area (TPSA) is 32.5 Å². The van der Waals surface area contributed by atoms with Crippen LogP contribution in [-0.4, -0.2) is 4.98 Å². The maximum Gasteiger partial charge on any atom is 0.135 e. The summed E-state index contributed by atoms with van der Waals surface area (Å²) in [5.41, 5.74) is 13.0. The molecule has 0 saturated carbocycles. The van der Waals surface area contributed by atoms with E-state index in [-0.39, 0.29) is 0 Å². The second-order valence-electron chi connectivity index (χ2n) is 16.4. The molecule has 0 radical (unpaired) electrons. The van der Waals surface area contributed by atoms with Crippen LogP contribution in [0.15, 0.2) is 229 Å². The summed E-state index contributed by atoms with van der Waals surface area (Å²) in [5, 5.41) is 7.23. The Balaban J connectivity index is 0.974. The Morgan fingerprint density at radius 2 is 0.923 bits per heavy atom. The Kier molecular flexibility index (Phi) is 8.86. The van der Waals surface area contributed by atoms with E-state index in [1.807, 2.05) is 53.3 Å². The van der Waals surface area contributed by atoms with Gasteiger partial charge in [0.15, 0.2) is 0 Å². The lowest BCUT2D eigenvalue weighted by molar-refractivity contribution is 0.669. The molecule has 306 valence electrons. The molecule has 0 atom stereocenters. The maximum atomic E-state index is 6.29. The minimum atomic E-state index is 0.874. The highest BCUT2D eigenvalue weighted by atomic mass is 32.1. The number of para-hydroxylation sites is 1. The molecule has 0 aliphatic heterocycles. The Labute approximate surface area is 383 Å². The third-order valence-electron chi connectivity index (χ3n) is 12.6.